The molecule has 3 aliphatic rings. The number of thioether (sulfide) groups is 1. The molecule has 2 aliphatic carbocycles. The third kappa shape index (κ3) is 5.96. The van der Waals surface area contributed by atoms with Gasteiger partial charge in [-0.15, -0.1) is 11.8 Å². The molecule has 0 aromatic carbocycles. The zero-order valence-corrected chi connectivity index (χ0v) is 21.8. The highest BCUT2D eigenvalue weighted by Gasteiger charge is 2.76. The number of esters is 2. The fourth-order valence-electron chi connectivity index (χ4n) is 4.72. The van der Waals surface area contributed by atoms with Crippen LogP contribution in [0.4, 0.5) is 4.79 Å². The molecule has 0 saturated heterocycles. The van der Waals surface area contributed by atoms with Crippen LogP contribution in [0, 0.1) is 17.8 Å². The summed E-state index contributed by atoms with van der Waals surface area (Å²) in [4.78, 5) is 59.8. The molecule has 1 heterocycles. The van der Waals surface area contributed by atoms with Gasteiger partial charge in [0, 0.05) is 11.2 Å². The minimum absolute atomic E-state index is 0.112. The molecule has 6 atom stereocenters. The highest BCUT2D eigenvalue weighted by molar-refractivity contribution is 8.16. The number of carbonyl (C=O) groups excluding carboxylic acids is 4. The van der Waals surface area contributed by atoms with E-state index in [1.807, 2.05) is 0 Å². The van der Waals surface area contributed by atoms with Gasteiger partial charge in [0.05, 0.1) is 25.3 Å². The number of rotatable bonds is 8. The summed E-state index contributed by atoms with van der Waals surface area (Å²) in [5.74, 6) is -2.84. The molecule has 0 bridgehead atoms. The average molecular weight is 511 g/mol. The lowest BCUT2D eigenvalue weighted by Crippen LogP contribution is -2.61. The first-order valence-electron chi connectivity index (χ1n) is 11.8. The lowest BCUT2D eigenvalue weighted by molar-refractivity contribution is -0.155. The summed E-state index contributed by atoms with van der Waals surface area (Å²) in [6.45, 7) is 10.7. The van der Waals surface area contributed by atoms with Gasteiger partial charge >= 0.3 is 18.0 Å². The molecule has 3 rings (SSSR count). The van der Waals surface area contributed by atoms with E-state index in [-0.39, 0.29) is 30.8 Å². The molecule has 0 aromatic rings. The summed E-state index contributed by atoms with van der Waals surface area (Å²) in [6, 6.07) is -0.993. The number of fused-ring (bicyclic) bond motifs is 1. The second kappa shape index (κ2) is 10.5. The van der Waals surface area contributed by atoms with Crippen molar-refractivity contribution >= 4 is 47.0 Å². The summed E-state index contributed by atoms with van der Waals surface area (Å²) in [5, 5.41) is 5.87. The number of nitrogens with one attached hydrogen (secondary N) is 2. The minimum atomic E-state index is -1.44. The van der Waals surface area contributed by atoms with Crippen LogP contribution in [0.3, 0.4) is 0 Å². The van der Waals surface area contributed by atoms with E-state index in [1.165, 1.54) is 18.7 Å². The van der Waals surface area contributed by atoms with Gasteiger partial charge in [0.25, 0.3) is 0 Å². The topological polar surface area (TPSA) is 145 Å². The predicted octanol–water partition coefficient (Wildman–Crippen LogP) is 1.69. The van der Waals surface area contributed by atoms with Crippen molar-refractivity contribution < 1.29 is 33.4 Å². The van der Waals surface area contributed by atoms with E-state index < -0.39 is 53.0 Å². The highest BCUT2D eigenvalue weighted by Crippen LogP contribution is 2.66. The zero-order chi connectivity index (χ0) is 26.0. The quantitative estimate of drug-likeness (QED) is 0.371. The molecule has 2 fully saturated rings. The summed E-state index contributed by atoms with van der Waals surface area (Å²) in [5.41, 5.74) is -2.17. The Kier molecular flexibility index (Phi) is 8.13. The first kappa shape index (κ1) is 27.0. The van der Waals surface area contributed by atoms with Crippen molar-refractivity contribution in [2.24, 2.45) is 27.7 Å². The number of nitrogens with zero attached hydrogens (tertiary/aromatic N) is 2. The lowest BCUT2D eigenvalue weighted by Gasteiger charge is -2.33. The van der Waals surface area contributed by atoms with Gasteiger partial charge in [-0.25, -0.2) is 9.59 Å². The molecule has 194 valence electrons. The maximum Gasteiger partial charge on any atom is 0.408 e. The van der Waals surface area contributed by atoms with Crippen LogP contribution in [-0.4, -0.2) is 77.5 Å². The Bertz CT molecular complexity index is 931. The number of carbonyl (C=O) groups is 4. The van der Waals surface area contributed by atoms with Crippen LogP contribution in [-0.2, 0) is 28.6 Å². The number of aliphatic imine (C=N–C) groups is 2. The molecule has 2 N–H and O–H groups in total. The summed E-state index contributed by atoms with van der Waals surface area (Å²) < 4.78 is 15.9. The maximum absolute atomic E-state index is 13.3. The van der Waals surface area contributed by atoms with Gasteiger partial charge in [0.1, 0.15) is 28.9 Å². The maximum atomic E-state index is 13.3. The fourth-order valence-corrected chi connectivity index (χ4v) is 6.14. The van der Waals surface area contributed by atoms with Crippen molar-refractivity contribution in [1.29, 1.82) is 0 Å². The van der Waals surface area contributed by atoms with Gasteiger partial charge in [-0.05, 0) is 53.9 Å². The largest absolute Gasteiger partial charge is 0.466 e. The van der Waals surface area contributed by atoms with E-state index in [2.05, 4.69) is 20.6 Å². The van der Waals surface area contributed by atoms with Crippen LogP contribution in [0.15, 0.2) is 9.98 Å². The predicted molar refractivity (Wildman–Crippen MR) is 130 cm³/mol. The summed E-state index contributed by atoms with van der Waals surface area (Å²) >= 11 is 1.44. The molecule has 0 aromatic heterocycles. The third-order valence-electron chi connectivity index (χ3n) is 6.05. The van der Waals surface area contributed by atoms with E-state index in [9.17, 15) is 19.2 Å². The van der Waals surface area contributed by atoms with Crippen LogP contribution < -0.4 is 10.6 Å². The number of ether oxygens (including phenoxy) is 3. The van der Waals surface area contributed by atoms with Gasteiger partial charge in [-0.2, -0.15) is 0 Å². The molecule has 1 aliphatic heterocycles. The van der Waals surface area contributed by atoms with Crippen LogP contribution in [0.25, 0.3) is 0 Å². The molecule has 0 unspecified atom stereocenters. The van der Waals surface area contributed by atoms with E-state index in [1.54, 1.807) is 40.8 Å². The van der Waals surface area contributed by atoms with Gasteiger partial charge in [-0.3, -0.25) is 19.6 Å². The van der Waals surface area contributed by atoms with Crippen molar-refractivity contribution in [3.8, 4) is 0 Å². The van der Waals surface area contributed by atoms with Crippen LogP contribution in [0.1, 0.15) is 48.0 Å². The van der Waals surface area contributed by atoms with Gasteiger partial charge in [-0.1, -0.05) is 0 Å². The van der Waals surface area contributed by atoms with E-state index >= 15 is 0 Å². The Morgan fingerprint density at radius 3 is 2.46 bits per heavy atom. The number of amides is 2. The van der Waals surface area contributed by atoms with Crippen molar-refractivity contribution in [2.45, 2.75) is 70.4 Å². The Labute approximate surface area is 209 Å². The lowest BCUT2D eigenvalue weighted by atomic mass is 9.89. The number of hydrogen-bond donors (Lipinski definition) is 2. The molecule has 11 nitrogen and oxygen atoms in total. The standard InChI is InChI=1S/C23H34N4O7S/c1-7-32-19(29)16-15-13(35-14-10-24-11-25-14)9-23(17(15)16,20(30)33-8-2)27-18(28)12(3)26-21(31)34-22(4,5)6/h10,12-13,15-17H,7-9,11H2,1-6H3,(H,26,31)(H,27,28)/t12-,13+,15-,16-,17-,23-/m0/s1. The number of alkyl carbamates (subject to hydrolysis) is 1. The van der Waals surface area contributed by atoms with Gasteiger partial charge < -0.3 is 24.8 Å². The van der Waals surface area contributed by atoms with Gasteiger partial charge in [0.2, 0.25) is 5.91 Å². The summed E-state index contributed by atoms with van der Waals surface area (Å²) in [7, 11) is 0. The second-order valence-corrected chi connectivity index (χ2v) is 11.0. The highest BCUT2D eigenvalue weighted by atomic mass is 32.2. The van der Waals surface area contributed by atoms with Gasteiger partial charge in [0.15, 0.2) is 0 Å². The molecular formula is C23H34N4O7S. The molecule has 2 saturated carbocycles. The SMILES string of the molecule is CCOC(=O)[C@H]1[C@H]2[C@@H]1[C@](NC(=O)[C@H](C)NC(=O)OC(C)(C)C)(C(=O)OCC)C[C@H]2SC1=NCN=C1. The van der Waals surface area contributed by atoms with Crippen molar-refractivity contribution in [3.63, 3.8) is 0 Å². The van der Waals surface area contributed by atoms with Crippen molar-refractivity contribution in [2.75, 3.05) is 19.9 Å². The minimum Gasteiger partial charge on any atom is -0.466 e. The van der Waals surface area contributed by atoms with Crippen molar-refractivity contribution in [3.05, 3.63) is 0 Å². The zero-order valence-electron chi connectivity index (χ0n) is 21.0. The van der Waals surface area contributed by atoms with E-state index in [4.69, 9.17) is 14.2 Å². The third-order valence-corrected chi connectivity index (χ3v) is 7.31. The number of hydrogen-bond acceptors (Lipinski definition) is 10. The fraction of sp³-hybridized carbons (Fsp3) is 0.739. The van der Waals surface area contributed by atoms with Crippen LogP contribution in [0.2, 0.25) is 0 Å². The molecule has 0 radical (unpaired) electrons. The van der Waals surface area contributed by atoms with Crippen LogP contribution >= 0.6 is 11.8 Å². The first-order valence-corrected chi connectivity index (χ1v) is 12.7. The average Bonchev–Trinajstić information content (AvgIpc) is 3.14. The normalized spacial score (nSPS) is 29.5. The molecular weight excluding hydrogens is 476 g/mol. The van der Waals surface area contributed by atoms with Crippen molar-refractivity contribution in [1.82, 2.24) is 10.6 Å². The van der Waals surface area contributed by atoms with E-state index in [0.717, 1.165) is 0 Å². The second-order valence-electron chi connectivity index (χ2n) is 9.74. The Morgan fingerprint density at radius 1 is 1.20 bits per heavy atom. The molecule has 35 heavy (non-hydrogen) atoms. The van der Waals surface area contributed by atoms with E-state index in [0.29, 0.717) is 11.7 Å². The van der Waals surface area contributed by atoms with Crippen LogP contribution in [0.5, 0.6) is 0 Å². The molecule has 0 spiro atoms. The Hall–Kier alpha value is -2.63. The molecule has 2 amide bonds. The monoisotopic (exact) mass is 510 g/mol. The Morgan fingerprint density at radius 2 is 1.89 bits per heavy atom. The summed E-state index contributed by atoms with van der Waals surface area (Å²) in [6.07, 6.45) is 1.16. The molecule has 12 heteroatoms. The Balaban J connectivity index is 1.84. The smallest absolute Gasteiger partial charge is 0.408 e. The first-order chi connectivity index (χ1) is 16.4.